The smallest absolute Gasteiger partial charge is 0.0994 e. The summed E-state index contributed by atoms with van der Waals surface area (Å²) in [5.41, 5.74) is 0. The van der Waals surface area contributed by atoms with Crippen molar-refractivity contribution in [2.45, 2.75) is 146 Å². The minimum Gasteiger partial charge on any atom is -0.358 e. The fourth-order valence-electron chi connectivity index (χ4n) is 3.66. The van der Waals surface area contributed by atoms with Gasteiger partial charge in [-0.05, 0) is 81.1 Å². The van der Waals surface area contributed by atoms with Crippen LogP contribution >= 0.6 is 0 Å². The van der Waals surface area contributed by atoms with Crippen LogP contribution in [0.5, 0.6) is 0 Å². The molecule has 0 aliphatic carbocycles. The first-order valence-electron chi connectivity index (χ1n) is 12.9. The molecule has 2 rings (SSSR count). The average molecular weight is 425 g/mol. The molecular weight excluding hydrogens is 368 g/mol. The molecule has 0 N–H and O–H groups in total. The Labute approximate surface area is 190 Å². The predicted octanol–water partition coefficient (Wildman–Crippen LogP) is 7.43. The van der Waals surface area contributed by atoms with Crippen molar-refractivity contribution >= 4 is 11.7 Å². The Morgan fingerprint density at radius 2 is 0.833 bits per heavy atom. The third kappa shape index (κ3) is 13.3. The van der Waals surface area contributed by atoms with E-state index >= 15 is 0 Å². The van der Waals surface area contributed by atoms with Crippen molar-refractivity contribution in [2.75, 3.05) is 13.1 Å². The summed E-state index contributed by atoms with van der Waals surface area (Å²) >= 11 is 0. The summed E-state index contributed by atoms with van der Waals surface area (Å²) in [6.45, 7) is 28.0. The number of hydrogen-bond acceptors (Lipinski definition) is 2. The molecule has 0 unspecified atom stereocenters. The minimum absolute atomic E-state index is 0.439. The fraction of sp³-hybridized carbons (Fsp3) is 0.923. The highest BCUT2D eigenvalue weighted by Gasteiger charge is 2.19. The Balaban J connectivity index is 0. The lowest BCUT2D eigenvalue weighted by Crippen LogP contribution is -2.40. The van der Waals surface area contributed by atoms with Crippen LogP contribution < -0.4 is 0 Å². The third-order valence-corrected chi connectivity index (χ3v) is 4.82. The van der Waals surface area contributed by atoms with Gasteiger partial charge in [0.25, 0.3) is 0 Å². The molecule has 4 heteroatoms. The van der Waals surface area contributed by atoms with E-state index in [4.69, 9.17) is 0 Å². The molecule has 0 aromatic carbocycles. The lowest BCUT2D eigenvalue weighted by atomic mass is 10.1. The molecule has 30 heavy (non-hydrogen) atoms. The van der Waals surface area contributed by atoms with Gasteiger partial charge in [0.1, 0.15) is 0 Å². The van der Waals surface area contributed by atoms with Crippen LogP contribution in [0, 0.1) is 0 Å². The van der Waals surface area contributed by atoms with Crippen LogP contribution in [0.2, 0.25) is 0 Å². The van der Waals surface area contributed by atoms with Gasteiger partial charge in [-0.2, -0.15) is 0 Å². The van der Waals surface area contributed by atoms with E-state index in [9.17, 15) is 0 Å². The predicted molar refractivity (Wildman–Crippen MR) is 139 cm³/mol. The highest BCUT2D eigenvalue weighted by molar-refractivity contribution is 5.83. The number of rotatable bonds is 4. The molecule has 0 saturated carbocycles. The fourth-order valence-corrected chi connectivity index (χ4v) is 3.66. The van der Waals surface area contributed by atoms with Gasteiger partial charge in [0, 0.05) is 50.1 Å². The first-order chi connectivity index (χ1) is 14.2. The summed E-state index contributed by atoms with van der Waals surface area (Å²) in [5.74, 6) is 2.66. The first-order valence-corrected chi connectivity index (χ1v) is 12.9. The molecule has 4 nitrogen and oxygen atoms in total. The SMILES string of the molecule is CC.CC.CC(C)N=C1CCCCN1C(C)C.CC(C)N=C1CCCCN1C(C)C. The molecule has 0 atom stereocenters. The number of aliphatic imine (C=N–C) groups is 2. The van der Waals surface area contributed by atoms with Gasteiger partial charge < -0.3 is 9.80 Å². The second-order valence-electron chi connectivity index (χ2n) is 8.77. The van der Waals surface area contributed by atoms with Crippen LogP contribution in [0.15, 0.2) is 9.98 Å². The van der Waals surface area contributed by atoms with Gasteiger partial charge in [0.05, 0.1) is 11.7 Å². The van der Waals surface area contributed by atoms with Crippen molar-refractivity contribution in [1.82, 2.24) is 9.80 Å². The van der Waals surface area contributed by atoms with Crippen LogP contribution in [-0.4, -0.2) is 58.7 Å². The van der Waals surface area contributed by atoms with Crippen LogP contribution in [0.3, 0.4) is 0 Å². The topological polar surface area (TPSA) is 31.2 Å². The Bertz CT molecular complexity index is 408. The average Bonchev–Trinajstić information content (AvgIpc) is 2.71. The highest BCUT2D eigenvalue weighted by atomic mass is 15.2. The second kappa shape index (κ2) is 18.7. The van der Waals surface area contributed by atoms with Crippen LogP contribution in [0.1, 0.15) is 122 Å². The van der Waals surface area contributed by atoms with E-state index in [1.807, 2.05) is 27.7 Å². The minimum atomic E-state index is 0.439. The van der Waals surface area contributed by atoms with Crippen LogP contribution in [-0.2, 0) is 0 Å². The lowest BCUT2D eigenvalue weighted by molar-refractivity contribution is 0.311. The van der Waals surface area contributed by atoms with Crippen LogP contribution in [0.25, 0.3) is 0 Å². The van der Waals surface area contributed by atoms with E-state index in [0.29, 0.717) is 24.2 Å². The van der Waals surface area contributed by atoms with Crippen molar-refractivity contribution in [2.24, 2.45) is 9.98 Å². The van der Waals surface area contributed by atoms with Crippen molar-refractivity contribution in [1.29, 1.82) is 0 Å². The molecule has 2 fully saturated rings. The summed E-state index contributed by atoms with van der Waals surface area (Å²) in [5, 5.41) is 0. The summed E-state index contributed by atoms with van der Waals surface area (Å²) in [6, 6.07) is 2.10. The van der Waals surface area contributed by atoms with E-state index in [1.165, 1.54) is 63.3 Å². The van der Waals surface area contributed by atoms with Gasteiger partial charge in [0.2, 0.25) is 0 Å². The zero-order valence-corrected chi connectivity index (χ0v) is 22.8. The molecule has 0 radical (unpaired) electrons. The standard InChI is InChI=1S/2C11H22N2.2C2H6/c2*1-9(2)12-11-7-5-6-8-13(11)10(3)4;2*1-2/h2*9-10H,5-8H2,1-4H3;2*1-2H3. The molecule has 0 aromatic rings. The Hall–Kier alpha value is -1.06. The highest BCUT2D eigenvalue weighted by Crippen LogP contribution is 2.16. The van der Waals surface area contributed by atoms with Crippen molar-refractivity contribution in [3.8, 4) is 0 Å². The molecule has 2 aliphatic heterocycles. The van der Waals surface area contributed by atoms with E-state index in [-0.39, 0.29) is 0 Å². The maximum Gasteiger partial charge on any atom is 0.0994 e. The normalized spacial score (nSPS) is 19.5. The molecule has 0 amide bonds. The van der Waals surface area contributed by atoms with Gasteiger partial charge in [-0.15, -0.1) is 0 Å². The first kappa shape index (κ1) is 31.1. The Morgan fingerprint density at radius 3 is 1.07 bits per heavy atom. The molecule has 0 spiro atoms. The largest absolute Gasteiger partial charge is 0.358 e. The van der Waals surface area contributed by atoms with E-state index < -0.39 is 0 Å². The number of amidine groups is 2. The van der Waals surface area contributed by atoms with Gasteiger partial charge in [-0.3, -0.25) is 9.98 Å². The summed E-state index contributed by atoms with van der Waals surface area (Å²) in [4.78, 5) is 14.3. The molecule has 180 valence electrons. The third-order valence-electron chi connectivity index (χ3n) is 4.82. The molecule has 0 bridgehead atoms. The monoisotopic (exact) mass is 424 g/mol. The molecule has 2 heterocycles. The van der Waals surface area contributed by atoms with Crippen LogP contribution in [0.4, 0.5) is 0 Å². The van der Waals surface area contributed by atoms with Gasteiger partial charge in [0.15, 0.2) is 0 Å². The summed E-state index contributed by atoms with van der Waals surface area (Å²) in [6.07, 6.45) is 7.64. The van der Waals surface area contributed by atoms with E-state index in [1.54, 1.807) is 0 Å². The quantitative estimate of drug-likeness (QED) is 0.470. The van der Waals surface area contributed by atoms with Crippen molar-refractivity contribution in [3.63, 3.8) is 0 Å². The van der Waals surface area contributed by atoms with Gasteiger partial charge >= 0.3 is 0 Å². The van der Waals surface area contributed by atoms with Crippen molar-refractivity contribution < 1.29 is 0 Å². The van der Waals surface area contributed by atoms with Gasteiger partial charge in [-0.25, -0.2) is 0 Å². The number of nitrogens with zero attached hydrogens (tertiary/aromatic N) is 4. The van der Waals surface area contributed by atoms with E-state index in [2.05, 4.69) is 75.2 Å². The molecule has 2 saturated heterocycles. The Morgan fingerprint density at radius 1 is 0.533 bits per heavy atom. The maximum absolute atomic E-state index is 4.68. The second-order valence-corrected chi connectivity index (χ2v) is 8.77. The number of piperidine rings is 2. The summed E-state index contributed by atoms with van der Waals surface area (Å²) < 4.78 is 0. The Kier molecular flexibility index (Phi) is 19.4. The van der Waals surface area contributed by atoms with Gasteiger partial charge in [-0.1, -0.05) is 27.7 Å². The molecule has 0 aromatic heterocycles. The number of hydrogen-bond donors (Lipinski definition) is 0. The zero-order valence-electron chi connectivity index (χ0n) is 22.8. The molecule has 2 aliphatic rings. The molecular formula is C26H56N4. The summed E-state index contributed by atoms with van der Waals surface area (Å²) in [7, 11) is 0. The maximum atomic E-state index is 4.68. The van der Waals surface area contributed by atoms with E-state index in [0.717, 1.165) is 0 Å². The lowest BCUT2D eigenvalue weighted by Gasteiger charge is -2.34. The van der Waals surface area contributed by atoms with Crippen molar-refractivity contribution in [3.05, 3.63) is 0 Å². The number of likely N-dealkylation sites (tertiary alicyclic amines) is 2. The zero-order chi connectivity index (χ0) is 23.7.